The lowest BCUT2D eigenvalue weighted by Gasteiger charge is -2.08. The minimum atomic E-state index is -0.322. The van der Waals surface area contributed by atoms with Gasteiger partial charge in [-0.3, -0.25) is 0 Å². The molecule has 2 N–H and O–H groups in total. The first-order valence-corrected chi connectivity index (χ1v) is 4.77. The maximum atomic E-state index is 12.9. The van der Waals surface area contributed by atoms with Gasteiger partial charge >= 0.3 is 0 Å². The highest BCUT2D eigenvalue weighted by Crippen LogP contribution is 2.13. The molecule has 2 nitrogen and oxygen atoms in total. The molecule has 0 saturated heterocycles. The van der Waals surface area contributed by atoms with Crippen molar-refractivity contribution in [1.82, 2.24) is 0 Å². The molecule has 0 heterocycles. The molecule has 0 bridgehead atoms. The molecule has 78 valence electrons. The summed E-state index contributed by atoms with van der Waals surface area (Å²) < 4.78 is 12.9. The highest BCUT2D eigenvalue weighted by Gasteiger charge is 1.98. The van der Waals surface area contributed by atoms with Crippen LogP contribution < -0.4 is 5.32 Å². The van der Waals surface area contributed by atoms with Gasteiger partial charge in [0.05, 0.1) is 6.10 Å². The molecule has 0 fully saturated rings. The summed E-state index contributed by atoms with van der Waals surface area (Å²) in [5.74, 6) is -0.232. The predicted molar refractivity (Wildman–Crippen MR) is 55.9 cm³/mol. The number of halogens is 1. The lowest BCUT2D eigenvalue weighted by Crippen LogP contribution is -2.09. The molecule has 3 heteroatoms. The van der Waals surface area contributed by atoms with Crippen LogP contribution in [-0.2, 0) is 0 Å². The van der Waals surface area contributed by atoms with Crippen molar-refractivity contribution < 1.29 is 9.50 Å². The number of aryl methyl sites for hydroxylation is 1. The van der Waals surface area contributed by atoms with Gasteiger partial charge in [-0.25, -0.2) is 4.39 Å². The Morgan fingerprint density at radius 3 is 2.71 bits per heavy atom. The lowest BCUT2D eigenvalue weighted by molar-refractivity contribution is 0.189. The second-order valence-corrected chi connectivity index (χ2v) is 3.58. The van der Waals surface area contributed by atoms with Crippen molar-refractivity contribution in [3.05, 3.63) is 29.6 Å². The fraction of sp³-hybridized carbons (Fsp3) is 0.455. The van der Waals surface area contributed by atoms with E-state index in [1.54, 1.807) is 6.92 Å². The Bertz CT molecular complexity index is 279. The molecule has 0 aromatic heterocycles. The Hall–Kier alpha value is -1.09. The van der Waals surface area contributed by atoms with Crippen molar-refractivity contribution in [1.29, 1.82) is 0 Å². The van der Waals surface area contributed by atoms with E-state index in [0.717, 1.165) is 11.3 Å². The summed E-state index contributed by atoms with van der Waals surface area (Å²) >= 11 is 0. The maximum Gasteiger partial charge on any atom is 0.125 e. The highest BCUT2D eigenvalue weighted by atomic mass is 19.1. The van der Waals surface area contributed by atoms with E-state index in [1.165, 1.54) is 12.1 Å². The molecule has 0 spiro atoms. The Balaban J connectivity index is 2.50. The largest absolute Gasteiger partial charge is 0.393 e. The third-order valence-corrected chi connectivity index (χ3v) is 1.93. The van der Waals surface area contributed by atoms with Gasteiger partial charge in [-0.15, -0.1) is 0 Å². The third-order valence-electron chi connectivity index (χ3n) is 1.93. The van der Waals surface area contributed by atoms with E-state index in [4.69, 9.17) is 5.11 Å². The zero-order valence-electron chi connectivity index (χ0n) is 8.55. The fourth-order valence-electron chi connectivity index (χ4n) is 1.26. The molecule has 0 radical (unpaired) electrons. The summed E-state index contributed by atoms with van der Waals surface area (Å²) in [4.78, 5) is 0. The molecular formula is C11H16FNO. The van der Waals surface area contributed by atoms with Crippen LogP contribution in [0.3, 0.4) is 0 Å². The number of rotatable bonds is 4. The summed E-state index contributed by atoms with van der Waals surface area (Å²) in [6, 6.07) is 4.82. The average molecular weight is 197 g/mol. The topological polar surface area (TPSA) is 32.3 Å². The van der Waals surface area contributed by atoms with Gasteiger partial charge in [0.1, 0.15) is 5.82 Å². The minimum absolute atomic E-state index is 0.232. The van der Waals surface area contributed by atoms with E-state index >= 15 is 0 Å². The fourth-order valence-corrected chi connectivity index (χ4v) is 1.26. The van der Waals surface area contributed by atoms with Crippen LogP contribution in [0.25, 0.3) is 0 Å². The van der Waals surface area contributed by atoms with E-state index in [9.17, 15) is 4.39 Å². The summed E-state index contributed by atoms with van der Waals surface area (Å²) in [6.45, 7) is 4.24. The second-order valence-electron chi connectivity index (χ2n) is 3.58. The number of anilines is 1. The van der Waals surface area contributed by atoms with Gasteiger partial charge in [0, 0.05) is 12.2 Å². The average Bonchev–Trinajstić information content (AvgIpc) is 2.01. The number of nitrogens with one attached hydrogen (secondary N) is 1. The Morgan fingerprint density at radius 2 is 2.14 bits per heavy atom. The smallest absolute Gasteiger partial charge is 0.125 e. The van der Waals surface area contributed by atoms with Crippen LogP contribution in [0.15, 0.2) is 18.2 Å². The Kier molecular flexibility index (Phi) is 3.89. The van der Waals surface area contributed by atoms with Crippen LogP contribution in [0.1, 0.15) is 18.9 Å². The lowest BCUT2D eigenvalue weighted by atomic mass is 10.2. The molecular weight excluding hydrogens is 181 g/mol. The van der Waals surface area contributed by atoms with Crippen molar-refractivity contribution in [2.24, 2.45) is 0 Å². The van der Waals surface area contributed by atoms with E-state index in [0.29, 0.717) is 13.0 Å². The van der Waals surface area contributed by atoms with Gasteiger partial charge in [-0.1, -0.05) is 0 Å². The summed E-state index contributed by atoms with van der Waals surface area (Å²) in [5.41, 5.74) is 1.66. The molecule has 0 aliphatic carbocycles. The van der Waals surface area contributed by atoms with Gasteiger partial charge < -0.3 is 10.4 Å². The van der Waals surface area contributed by atoms with Gasteiger partial charge in [0.2, 0.25) is 0 Å². The number of aliphatic hydroxyl groups is 1. The van der Waals surface area contributed by atoms with Crippen LogP contribution in [0, 0.1) is 12.7 Å². The zero-order chi connectivity index (χ0) is 10.6. The minimum Gasteiger partial charge on any atom is -0.393 e. The Morgan fingerprint density at radius 1 is 1.43 bits per heavy atom. The van der Waals surface area contributed by atoms with Crippen molar-refractivity contribution in [2.75, 3.05) is 11.9 Å². The van der Waals surface area contributed by atoms with Gasteiger partial charge in [0.15, 0.2) is 0 Å². The van der Waals surface area contributed by atoms with Crippen LogP contribution in [0.5, 0.6) is 0 Å². The maximum absolute atomic E-state index is 12.9. The third kappa shape index (κ3) is 3.75. The molecule has 0 aliphatic rings. The molecule has 0 aliphatic heterocycles. The first kappa shape index (κ1) is 11.0. The number of aliphatic hydroxyl groups excluding tert-OH is 1. The van der Waals surface area contributed by atoms with Gasteiger partial charge in [-0.05, 0) is 44.0 Å². The van der Waals surface area contributed by atoms with Gasteiger partial charge in [0.25, 0.3) is 0 Å². The van der Waals surface area contributed by atoms with Crippen molar-refractivity contribution in [2.45, 2.75) is 26.4 Å². The zero-order valence-corrected chi connectivity index (χ0v) is 8.55. The quantitative estimate of drug-likeness (QED) is 0.776. The molecule has 1 aromatic carbocycles. The van der Waals surface area contributed by atoms with E-state index in [-0.39, 0.29) is 11.9 Å². The summed E-state index contributed by atoms with van der Waals surface area (Å²) in [6.07, 6.45) is 0.340. The van der Waals surface area contributed by atoms with E-state index in [2.05, 4.69) is 5.32 Å². The predicted octanol–water partition coefficient (Wildman–Crippen LogP) is 2.32. The van der Waals surface area contributed by atoms with Crippen LogP contribution in [0.2, 0.25) is 0 Å². The molecule has 1 unspecified atom stereocenters. The molecule has 0 saturated carbocycles. The molecule has 14 heavy (non-hydrogen) atoms. The van der Waals surface area contributed by atoms with Crippen LogP contribution in [0.4, 0.5) is 10.1 Å². The monoisotopic (exact) mass is 197 g/mol. The van der Waals surface area contributed by atoms with E-state index < -0.39 is 0 Å². The van der Waals surface area contributed by atoms with Crippen molar-refractivity contribution in [3.8, 4) is 0 Å². The normalized spacial score (nSPS) is 12.6. The molecule has 1 aromatic rings. The SMILES string of the molecule is Cc1cc(F)cc(NCCC(C)O)c1. The number of benzene rings is 1. The molecule has 1 atom stereocenters. The highest BCUT2D eigenvalue weighted by molar-refractivity contribution is 5.45. The molecule has 1 rings (SSSR count). The number of hydrogen-bond acceptors (Lipinski definition) is 2. The molecule has 0 amide bonds. The number of hydrogen-bond donors (Lipinski definition) is 2. The summed E-state index contributed by atoms with van der Waals surface area (Å²) in [7, 11) is 0. The van der Waals surface area contributed by atoms with E-state index in [1.807, 2.05) is 13.0 Å². The second kappa shape index (κ2) is 4.96. The van der Waals surface area contributed by atoms with Gasteiger partial charge in [-0.2, -0.15) is 0 Å². The first-order chi connectivity index (χ1) is 6.58. The standard InChI is InChI=1S/C11H16FNO/c1-8-5-10(12)7-11(6-8)13-4-3-9(2)14/h5-7,9,13-14H,3-4H2,1-2H3. The van der Waals surface area contributed by atoms with Crippen molar-refractivity contribution >= 4 is 5.69 Å². The first-order valence-electron chi connectivity index (χ1n) is 4.77. The van der Waals surface area contributed by atoms with Crippen molar-refractivity contribution in [3.63, 3.8) is 0 Å². The van der Waals surface area contributed by atoms with Crippen LogP contribution in [-0.4, -0.2) is 17.8 Å². The summed E-state index contributed by atoms with van der Waals surface area (Å²) in [5, 5.41) is 12.1. The van der Waals surface area contributed by atoms with Crippen LogP contribution >= 0.6 is 0 Å². The Labute approximate surface area is 83.8 Å².